The number of rotatable bonds is 4. The van der Waals surface area contributed by atoms with Gasteiger partial charge in [-0.15, -0.1) is 11.6 Å². The SMILES string of the molecule is O=C(NC/C=C/CCl)c1cc(F)cc(Br)c1. The van der Waals surface area contributed by atoms with Gasteiger partial charge in [0.25, 0.3) is 5.91 Å². The number of hydrogen-bond donors (Lipinski definition) is 1. The monoisotopic (exact) mass is 305 g/mol. The van der Waals surface area contributed by atoms with E-state index in [1.807, 2.05) is 0 Å². The van der Waals surface area contributed by atoms with Crippen molar-refractivity contribution >= 4 is 33.4 Å². The predicted molar refractivity (Wildman–Crippen MR) is 66.3 cm³/mol. The number of alkyl halides is 1. The zero-order chi connectivity index (χ0) is 12.0. The molecule has 0 bridgehead atoms. The number of allylic oxidation sites excluding steroid dienone is 1. The first-order valence-electron chi connectivity index (χ1n) is 4.58. The molecule has 0 aliphatic rings. The molecule has 0 radical (unpaired) electrons. The summed E-state index contributed by atoms with van der Waals surface area (Å²) in [6.07, 6.45) is 3.46. The summed E-state index contributed by atoms with van der Waals surface area (Å²) in [7, 11) is 0. The van der Waals surface area contributed by atoms with E-state index in [0.29, 0.717) is 16.9 Å². The lowest BCUT2D eigenvalue weighted by atomic mass is 10.2. The minimum Gasteiger partial charge on any atom is -0.349 e. The maximum atomic E-state index is 13.0. The van der Waals surface area contributed by atoms with Crippen molar-refractivity contribution in [2.45, 2.75) is 0 Å². The fraction of sp³-hybridized carbons (Fsp3) is 0.182. The maximum Gasteiger partial charge on any atom is 0.251 e. The second kappa shape index (κ2) is 6.66. The Bertz CT molecular complexity index is 389. The molecule has 0 unspecified atom stereocenters. The number of benzene rings is 1. The Hall–Kier alpha value is -0.870. The van der Waals surface area contributed by atoms with Crippen LogP contribution in [0.3, 0.4) is 0 Å². The molecule has 0 aromatic heterocycles. The first-order chi connectivity index (χ1) is 7.63. The smallest absolute Gasteiger partial charge is 0.251 e. The third-order valence-corrected chi connectivity index (χ3v) is 2.40. The number of nitrogens with one attached hydrogen (secondary N) is 1. The van der Waals surface area contributed by atoms with E-state index in [1.54, 1.807) is 18.2 Å². The van der Waals surface area contributed by atoms with Crippen molar-refractivity contribution in [2.24, 2.45) is 0 Å². The molecule has 16 heavy (non-hydrogen) atoms. The summed E-state index contributed by atoms with van der Waals surface area (Å²) in [4.78, 5) is 11.5. The van der Waals surface area contributed by atoms with Crippen molar-refractivity contribution in [2.75, 3.05) is 12.4 Å². The average Bonchev–Trinajstić information content (AvgIpc) is 2.22. The topological polar surface area (TPSA) is 29.1 Å². The van der Waals surface area contributed by atoms with Crippen molar-refractivity contribution in [3.63, 3.8) is 0 Å². The zero-order valence-electron chi connectivity index (χ0n) is 8.34. The Morgan fingerprint density at radius 2 is 2.19 bits per heavy atom. The largest absolute Gasteiger partial charge is 0.349 e. The highest BCUT2D eigenvalue weighted by atomic mass is 79.9. The summed E-state index contributed by atoms with van der Waals surface area (Å²) in [5.74, 6) is -0.364. The fourth-order valence-corrected chi connectivity index (χ4v) is 1.68. The molecule has 1 amide bonds. The minimum atomic E-state index is -0.448. The van der Waals surface area contributed by atoms with E-state index in [2.05, 4.69) is 21.2 Å². The van der Waals surface area contributed by atoms with Crippen LogP contribution in [0.15, 0.2) is 34.8 Å². The minimum absolute atomic E-state index is 0.283. The van der Waals surface area contributed by atoms with Gasteiger partial charge in [0.2, 0.25) is 0 Å². The number of carbonyl (C=O) groups is 1. The molecule has 0 aliphatic carbocycles. The van der Waals surface area contributed by atoms with Gasteiger partial charge in [-0.25, -0.2) is 4.39 Å². The molecule has 0 fully saturated rings. The van der Waals surface area contributed by atoms with Gasteiger partial charge < -0.3 is 5.32 Å². The molecule has 0 aliphatic heterocycles. The Kier molecular flexibility index (Phi) is 5.49. The molecule has 1 aromatic rings. The number of amides is 1. The molecule has 86 valence electrons. The van der Waals surface area contributed by atoms with Crippen molar-refractivity contribution in [1.82, 2.24) is 5.32 Å². The van der Waals surface area contributed by atoms with Crippen LogP contribution in [0, 0.1) is 5.82 Å². The lowest BCUT2D eigenvalue weighted by molar-refractivity contribution is 0.0957. The molecule has 1 aromatic carbocycles. The van der Waals surface area contributed by atoms with E-state index in [1.165, 1.54) is 12.1 Å². The Morgan fingerprint density at radius 1 is 1.44 bits per heavy atom. The summed E-state index contributed by atoms with van der Waals surface area (Å²) in [5, 5.41) is 2.62. The Labute approximate surface area is 107 Å². The summed E-state index contributed by atoms with van der Waals surface area (Å²) < 4.78 is 13.5. The van der Waals surface area contributed by atoms with Gasteiger partial charge in [-0.05, 0) is 18.2 Å². The predicted octanol–water partition coefficient (Wildman–Crippen LogP) is 3.11. The highest BCUT2D eigenvalue weighted by Gasteiger charge is 2.06. The van der Waals surface area contributed by atoms with Gasteiger partial charge in [0.1, 0.15) is 5.82 Å². The van der Waals surface area contributed by atoms with Crippen LogP contribution in [-0.2, 0) is 0 Å². The Morgan fingerprint density at radius 3 is 2.81 bits per heavy atom. The average molecular weight is 307 g/mol. The molecule has 0 atom stereocenters. The molecule has 5 heteroatoms. The van der Waals surface area contributed by atoms with E-state index >= 15 is 0 Å². The zero-order valence-corrected chi connectivity index (χ0v) is 10.7. The molecule has 1 rings (SSSR count). The quantitative estimate of drug-likeness (QED) is 0.672. The first kappa shape index (κ1) is 13.2. The third-order valence-electron chi connectivity index (χ3n) is 1.76. The van der Waals surface area contributed by atoms with Crippen molar-refractivity contribution in [3.8, 4) is 0 Å². The molecule has 0 saturated heterocycles. The molecular weight excluding hydrogens is 296 g/mol. The van der Waals surface area contributed by atoms with E-state index in [9.17, 15) is 9.18 Å². The van der Waals surface area contributed by atoms with Gasteiger partial charge in [0.05, 0.1) is 0 Å². The van der Waals surface area contributed by atoms with Gasteiger partial charge in [-0.1, -0.05) is 28.1 Å². The number of carbonyl (C=O) groups excluding carboxylic acids is 1. The van der Waals surface area contributed by atoms with Gasteiger partial charge in [0.15, 0.2) is 0 Å². The normalized spacial score (nSPS) is 10.7. The standard InChI is InChI=1S/C11H10BrClFNO/c12-9-5-8(6-10(14)7-9)11(16)15-4-2-1-3-13/h1-2,5-7H,3-4H2,(H,15,16)/b2-1+. The molecular formula is C11H10BrClFNO. The van der Waals surface area contributed by atoms with Crippen LogP contribution in [0.4, 0.5) is 4.39 Å². The van der Waals surface area contributed by atoms with Crippen molar-refractivity contribution in [3.05, 3.63) is 46.2 Å². The lowest BCUT2D eigenvalue weighted by Crippen LogP contribution is -2.23. The van der Waals surface area contributed by atoms with Crippen molar-refractivity contribution in [1.29, 1.82) is 0 Å². The van der Waals surface area contributed by atoms with E-state index < -0.39 is 5.82 Å². The summed E-state index contributed by atoms with van der Waals surface area (Å²) in [5.41, 5.74) is 0.283. The van der Waals surface area contributed by atoms with Gasteiger partial charge in [-0.2, -0.15) is 0 Å². The second-order valence-corrected chi connectivity index (χ2v) is 4.22. The number of halogens is 3. The lowest BCUT2D eigenvalue weighted by Gasteiger charge is -2.03. The van der Waals surface area contributed by atoms with Crippen LogP contribution in [0.1, 0.15) is 10.4 Å². The second-order valence-electron chi connectivity index (χ2n) is 2.99. The maximum absolute atomic E-state index is 13.0. The summed E-state index contributed by atoms with van der Waals surface area (Å²) >= 11 is 8.54. The van der Waals surface area contributed by atoms with Gasteiger partial charge in [0, 0.05) is 22.5 Å². The number of hydrogen-bond acceptors (Lipinski definition) is 1. The molecule has 1 N–H and O–H groups in total. The van der Waals surface area contributed by atoms with Crippen LogP contribution in [0.2, 0.25) is 0 Å². The van der Waals surface area contributed by atoms with E-state index in [-0.39, 0.29) is 11.5 Å². The van der Waals surface area contributed by atoms with Crippen molar-refractivity contribution < 1.29 is 9.18 Å². The highest BCUT2D eigenvalue weighted by molar-refractivity contribution is 9.10. The van der Waals surface area contributed by atoms with Gasteiger partial charge >= 0.3 is 0 Å². The van der Waals surface area contributed by atoms with Crippen LogP contribution in [0.5, 0.6) is 0 Å². The first-order valence-corrected chi connectivity index (χ1v) is 5.91. The van der Waals surface area contributed by atoms with E-state index in [0.717, 1.165) is 0 Å². The van der Waals surface area contributed by atoms with Crippen LogP contribution < -0.4 is 5.32 Å². The van der Waals surface area contributed by atoms with Crippen LogP contribution >= 0.6 is 27.5 Å². The molecule has 2 nitrogen and oxygen atoms in total. The third kappa shape index (κ3) is 4.33. The summed E-state index contributed by atoms with van der Waals surface area (Å²) in [6.45, 7) is 0.375. The van der Waals surface area contributed by atoms with Crippen LogP contribution in [0.25, 0.3) is 0 Å². The Balaban J connectivity index is 2.62. The van der Waals surface area contributed by atoms with Gasteiger partial charge in [-0.3, -0.25) is 4.79 Å². The fourth-order valence-electron chi connectivity index (χ4n) is 1.08. The summed E-state index contributed by atoms with van der Waals surface area (Å²) in [6, 6.07) is 4.04. The van der Waals surface area contributed by atoms with Crippen LogP contribution in [-0.4, -0.2) is 18.3 Å². The molecule has 0 saturated carbocycles. The van der Waals surface area contributed by atoms with E-state index in [4.69, 9.17) is 11.6 Å². The highest BCUT2D eigenvalue weighted by Crippen LogP contribution is 2.14. The molecule has 0 heterocycles. The molecule has 0 spiro atoms.